The van der Waals surface area contributed by atoms with Crippen molar-refractivity contribution in [1.82, 2.24) is 40.4 Å². The number of aromatic nitrogens is 8. The number of nitrogens with zero attached hydrogens (tertiary/aromatic N) is 7. The number of H-pyrrole nitrogens is 1. The zero-order valence-electron chi connectivity index (χ0n) is 8.07. The van der Waals surface area contributed by atoms with Gasteiger partial charge < -0.3 is 5.32 Å². The molecule has 0 aliphatic heterocycles. The fourth-order valence-corrected chi connectivity index (χ4v) is 1.23. The van der Waals surface area contributed by atoms with Gasteiger partial charge in [-0.25, -0.2) is 4.98 Å². The Hall–Kier alpha value is -2.58. The molecule has 0 saturated carbocycles. The highest BCUT2D eigenvalue weighted by molar-refractivity contribution is 5.41. The normalized spacial score (nSPS) is 10.8. The maximum atomic E-state index is 4.14. The molecule has 80 valence electrons. The fraction of sp³-hybridized carbons (Fsp3) is 0.143. The van der Waals surface area contributed by atoms with E-state index in [0.29, 0.717) is 18.0 Å². The maximum absolute atomic E-state index is 4.14. The molecule has 0 amide bonds. The van der Waals surface area contributed by atoms with Gasteiger partial charge in [0, 0.05) is 0 Å². The van der Waals surface area contributed by atoms with Gasteiger partial charge in [0.1, 0.15) is 18.0 Å². The highest BCUT2D eigenvalue weighted by Crippen LogP contribution is 2.03. The molecule has 3 heterocycles. The van der Waals surface area contributed by atoms with E-state index >= 15 is 0 Å². The average molecular weight is 217 g/mol. The number of hydrogen-bond acceptors (Lipinski definition) is 7. The summed E-state index contributed by atoms with van der Waals surface area (Å²) >= 11 is 0. The fourth-order valence-electron chi connectivity index (χ4n) is 1.23. The van der Waals surface area contributed by atoms with Gasteiger partial charge in [0.15, 0.2) is 5.65 Å². The Bertz CT molecular complexity index is 583. The number of hydrogen-bond donors (Lipinski definition) is 2. The Kier molecular flexibility index (Phi) is 1.92. The smallest absolute Gasteiger partial charge is 0.200 e. The monoisotopic (exact) mass is 217 g/mol. The van der Waals surface area contributed by atoms with Crippen LogP contribution >= 0.6 is 0 Å². The number of nitrogens with one attached hydrogen (secondary N) is 2. The third-order valence-electron chi connectivity index (χ3n) is 1.97. The van der Waals surface area contributed by atoms with Crippen LogP contribution in [0.4, 0.5) is 5.82 Å². The van der Waals surface area contributed by atoms with E-state index in [-0.39, 0.29) is 0 Å². The molecule has 0 saturated heterocycles. The van der Waals surface area contributed by atoms with Gasteiger partial charge >= 0.3 is 0 Å². The molecule has 0 unspecified atom stereocenters. The first-order chi connectivity index (χ1) is 7.92. The number of tetrazole rings is 1. The molecule has 0 fully saturated rings. The molecule has 0 atom stereocenters. The van der Waals surface area contributed by atoms with Gasteiger partial charge in [0.2, 0.25) is 0 Å². The van der Waals surface area contributed by atoms with E-state index in [9.17, 15) is 0 Å². The van der Waals surface area contributed by atoms with Gasteiger partial charge in [0.25, 0.3) is 0 Å². The van der Waals surface area contributed by atoms with E-state index in [4.69, 9.17) is 0 Å². The molecule has 0 aliphatic rings. The minimum atomic E-state index is 0.515. The SMILES string of the molecule is c1n[nH]c(CNc2ccc3nnnn3n2)n1. The van der Waals surface area contributed by atoms with Crippen molar-refractivity contribution in [3.8, 4) is 0 Å². The summed E-state index contributed by atoms with van der Waals surface area (Å²) in [7, 11) is 0. The molecule has 9 nitrogen and oxygen atoms in total. The lowest BCUT2D eigenvalue weighted by Gasteiger charge is -2.01. The summed E-state index contributed by atoms with van der Waals surface area (Å²) in [6, 6.07) is 3.57. The quantitative estimate of drug-likeness (QED) is 0.593. The number of fused-ring (bicyclic) bond motifs is 1. The van der Waals surface area contributed by atoms with Gasteiger partial charge in [-0.05, 0) is 22.6 Å². The van der Waals surface area contributed by atoms with E-state index in [0.717, 1.165) is 5.82 Å². The van der Waals surface area contributed by atoms with E-state index in [2.05, 4.69) is 41.1 Å². The molecule has 3 aromatic heterocycles. The van der Waals surface area contributed by atoms with Gasteiger partial charge in [-0.3, -0.25) is 5.10 Å². The maximum Gasteiger partial charge on any atom is 0.200 e. The zero-order chi connectivity index (χ0) is 10.8. The minimum Gasteiger partial charge on any atom is -0.361 e. The predicted molar refractivity (Wildman–Crippen MR) is 52.3 cm³/mol. The van der Waals surface area contributed by atoms with Crippen molar-refractivity contribution >= 4 is 11.5 Å². The molecule has 0 radical (unpaired) electrons. The molecule has 3 rings (SSSR count). The average Bonchev–Trinajstić information content (AvgIpc) is 2.97. The highest BCUT2D eigenvalue weighted by atomic mass is 15.6. The van der Waals surface area contributed by atoms with Crippen LogP contribution in [0.1, 0.15) is 5.82 Å². The number of anilines is 1. The molecular formula is C7H7N9. The Morgan fingerprint density at radius 3 is 3.25 bits per heavy atom. The lowest BCUT2D eigenvalue weighted by atomic mass is 10.5. The van der Waals surface area contributed by atoms with E-state index in [1.165, 1.54) is 11.0 Å². The molecule has 16 heavy (non-hydrogen) atoms. The number of aromatic amines is 1. The minimum absolute atomic E-state index is 0.515. The molecule has 9 heteroatoms. The van der Waals surface area contributed by atoms with Crippen molar-refractivity contribution in [1.29, 1.82) is 0 Å². The summed E-state index contributed by atoms with van der Waals surface area (Å²) in [5, 5.41) is 24.6. The van der Waals surface area contributed by atoms with Crippen LogP contribution in [-0.4, -0.2) is 40.4 Å². The summed E-state index contributed by atoms with van der Waals surface area (Å²) in [6.07, 6.45) is 1.45. The Balaban J connectivity index is 1.78. The Labute approximate surface area is 88.9 Å². The summed E-state index contributed by atoms with van der Waals surface area (Å²) in [5.74, 6) is 1.40. The van der Waals surface area contributed by atoms with Gasteiger partial charge in [-0.1, -0.05) is 0 Å². The molecule has 2 N–H and O–H groups in total. The number of rotatable bonds is 3. The van der Waals surface area contributed by atoms with Crippen LogP contribution < -0.4 is 5.32 Å². The van der Waals surface area contributed by atoms with Crippen LogP contribution in [0, 0.1) is 0 Å². The van der Waals surface area contributed by atoms with Crippen molar-refractivity contribution < 1.29 is 0 Å². The van der Waals surface area contributed by atoms with Crippen LogP contribution in [0.25, 0.3) is 5.65 Å². The van der Waals surface area contributed by atoms with E-state index < -0.39 is 0 Å². The molecule has 0 aliphatic carbocycles. The molecule has 3 aromatic rings. The Morgan fingerprint density at radius 1 is 1.38 bits per heavy atom. The van der Waals surface area contributed by atoms with E-state index in [1.54, 1.807) is 12.1 Å². The van der Waals surface area contributed by atoms with Crippen molar-refractivity contribution in [2.75, 3.05) is 5.32 Å². The second-order valence-electron chi connectivity index (χ2n) is 3.03. The molecule has 0 aromatic carbocycles. The van der Waals surface area contributed by atoms with Crippen molar-refractivity contribution in [2.45, 2.75) is 6.54 Å². The van der Waals surface area contributed by atoms with Gasteiger partial charge in [0.05, 0.1) is 6.54 Å². The predicted octanol–water partition coefficient (Wildman–Crippen LogP) is -0.751. The Morgan fingerprint density at radius 2 is 2.38 bits per heavy atom. The molecule has 0 bridgehead atoms. The highest BCUT2D eigenvalue weighted by Gasteiger charge is 2.01. The van der Waals surface area contributed by atoms with Crippen LogP contribution in [0.15, 0.2) is 18.5 Å². The molecular weight excluding hydrogens is 210 g/mol. The van der Waals surface area contributed by atoms with Crippen molar-refractivity contribution in [2.24, 2.45) is 0 Å². The second-order valence-corrected chi connectivity index (χ2v) is 3.03. The standard InChI is InChI=1S/C7H7N9/c1-2-7-12-14-15-16(7)13-5(1)8-3-6-9-4-10-11-6/h1-2,4H,3H2,(H,8,13)(H,9,10,11). The zero-order valence-corrected chi connectivity index (χ0v) is 8.07. The summed E-state index contributed by atoms with van der Waals surface area (Å²) in [5.41, 5.74) is 0.602. The molecule has 0 spiro atoms. The first-order valence-electron chi connectivity index (χ1n) is 4.55. The second kappa shape index (κ2) is 3.53. The van der Waals surface area contributed by atoms with Crippen molar-refractivity contribution in [3.05, 3.63) is 24.3 Å². The van der Waals surface area contributed by atoms with Crippen LogP contribution in [0.3, 0.4) is 0 Å². The van der Waals surface area contributed by atoms with Gasteiger partial charge in [-0.2, -0.15) is 5.10 Å². The lowest BCUT2D eigenvalue weighted by Crippen LogP contribution is -2.05. The van der Waals surface area contributed by atoms with Gasteiger partial charge in [-0.15, -0.1) is 14.8 Å². The lowest BCUT2D eigenvalue weighted by molar-refractivity contribution is 0.733. The third-order valence-corrected chi connectivity index (χ3v) is 1.97. The van der Waals surface area contributed by atoms with Crippen molar-refractivity contribution in [3.63, 3.8) is 0 Å². The first kappa shape index (κ1) is 8.71. The van der Waals surface area contributed by atoms with Crippen LogP contribution in [0.2, 0.25) is 0 Å². The third kappa shape index (κ3) is 1.54. The van der Waals surface area contributed by atoms with E-state index in [1.807, 2.05) is 0 Å². The topological polar surface area (TPSA) is 110 Å². The van der Waals surface area contributed by atoms with Crippen LogP contribution in [0.5, 0.6) is 0 Å². The largest absolute Gasteiger partial charge is 0.361 e. The van der Waals surface area contributed by atoms with Crippen LogP contribution in [-0.2, 0) is 6.54 Å². The first-order valence-corrected chi connectivity index (χ1v) is 4.55. The summed E-state index contributed by atoms with van der Waals surface area (Å²) in [6.45, 7) is 0.515. The summed E-state index contributed by atoms with van der Waals surface area (Å²) in [4.78, 5) is 3.98. The summed E-state index contributed by atoms with van der Waals surface area (Å²) < 4.78 is 1.35.